The summed E-state index contributed by atoms with van der Waals surface area (Å²) in [5.74, 6) is 0. The van der Waals surface area contributed by atoms with E-state index in [0.717, 1.165) is 51.1 Å². The molecule has 0 amide bonds. The van der Waals surface area contributed by atoms with Gasteiger partial charge in [-0.2, -0.15) is 0 Å². The zero-order valence-corrected chi connectivity index (χ0v) is 16.5. The second kappa shape index (κ2) is 13.6. The summed E-state index contributed by atoms with van der Waals surface area (Å²) >= 11 is 0. The van der Waals surface area contributed by atoms with E-state index in [1.54, 1.807) is 0 Å². The summed E-state index contributed by atoms with van der Waals surface area (Å²) in [6.07, 6.45) is 6.05. The van der Waals surface area contributed by atoms with Crippen molar-refractivity contribution >= 4 is 8.80 Å². The van der Waals surface area contributed by atoms with Crippen molar-refractivity contribution in [3.05, 3.63) is 35.9 Å². The molecule has 0 aliphatic rings. The highest BCUT2D eigenvalue weighted by atomic mass is 28.4. The second-order valence-electron chi connectivity index (χ2n) is 6.06. The van der Waals surface area contributed by atoms with Crippen LogP contribution in [0.2, 0.25) is 6.04 Å². The third-order valence-electron chi connectivity index (χ3n) is 3.79. The highest BCUT2D eigenvalue weighted by Crippen LogP contribution is 2.21. The van der Waals surface area contributed by atoms with Crippen molar-refractivity contribution in [1.82, 2.24) is 0 Å². The van der Waals surface area contributed by atoms with Gasteiger partial charge in [0.1, 0.15) is 0 Å². The molecule has 1 aromatic rings. The minimum absolute atomic E-state index is 0.702. The number of hydrogen-bond acceptors (Lipinski definition) is 4. The summed E-state index contributed by atoms with van der Waals surface area (Å²) < 4.78 is 18.6. The predicted octanol–water partition coefficient (Wildman–Crippen LogP) is 4.17. The topological polar surface area (TPSA) is 53.7 Å². The number of aryl methyl sites for hydroxylation is 1. The van der Waals surface area contributed by atoms with E-state index in [0.29, 0.717) is 19.8 Å². The van der Waals surface area contributed by atoms with Crippen molar-refractivity contribution in [3.8, 4) is 0 Å². The van der Waals surface area contributed by atoms with Crippen LogP contribution in [0.25, 0.3) is 0 Å². The summed E-state index contributed by atoms with van der Waals surface area (Å²) in [6.45, 7) is 7.10. The Morgan fingerprint density at radius 1 is 0.833 bits per heavy atom. The number of hydrogen-bond donors (Lipinski definition) is 1. The smallest absolute Gasteiger partial charge is 0.373 e. The van der Waals surface area contributed by atoms with Gasteiger partial charge in [-0.3, -0.25) is 0 Å². The van der Waals surface area contributed by atoms with E-state index in [1.165, 1.54) is 5.56 Å². The lowest BCUT2D eigenvalue weighted by Crippen LogP contribution is -2.47. The molecule has 0 aliphatic heterocycles. The first-order chi connectivity index (χ1) is 11.8. The van der Waals surface area contributed by atoms with Crippen molar-refractivity contribution in [2.24, 2.45) is 5.73 Å². The van der Waals surface area contributed by atoms with Crippen LogP contribution in [-0.2, 0) is 19.7 Å². The van der Waals surface area contributed by atoms with Crippen LogP contribution in [0.1, 0.15) is 51.5 Å². The number of rotatable bonds is 15. The van der Waals surface area contributed by atoms with Gasteiger partial charge < -0.3 is 19.0 Å². The molecule has 0 unspecified atom stereocenters. The first kappa shape index (κ1) is 21.3. The van der Waals surface area contributed by atoms with E-state index in [4.69, 9.17) is 19.0 Å². The Hall–Kier alpha value is -0.723. The van der Waals surface area contributed by atoms with Gasteiger partial charge in [0.05, 0.1) is 0 Å². The predicted molar refractivity (Wildman–Crippen MR) is 102 cm³/mol. The molecule has 5 heteroatoms. The van der Waals surface area contributed by atoms with Gasteiger partial charge >= 0.3 is 8.80 Å². The minimum Gasteiger partial charge on any atom is -0.373 e. The van der Waals surface area contributed by atoms with Crippen LogP contribution in [0, 0.1) is 0 Å². The molecule has 1 aromatic carbocycles. The van der Waals surface area contributed by atoms with Gasteiger partial charge in [0.2, 0.25) is 0 Å². The molecule has 138 valence electrons. The van der Waals surface area contributed by atoms with Crippen molar-refractivity contribution in [2.75, 3.05) is 26.4 Å². The molecule has 0 heterocycles. The Labute approximate surface area is 149 Å². The van der Waals surface area contributed by atoms with Crippen LogP contribution in [0.3, 0.4) is 0 Å². The van der Waals surface area contributed by atoms with E-state index in [-0.39, 0.29) is 0 Å². The molecule has 0 aromatic heterocycles. The zero-order valence-electron chi connectivity index (χ0n) is 15.5. The summed E-state index contributed by atoms with van der Waals surface area (Å²) in [7, 11) is -2.61. The van der Waals surface area contributed by atoms with Crippen LogP contribution in [0.15, 0.2) is 30.3 Å². The van der Waals surface area contributed by atoms with E-state index >= 15 is 0 Å². The third-order valence-corrected chi connectivity index (χ3v) is 6.58. The Morgan fingerprint density at radius 3 is 2.04 bits per heavy atom. The lowest BCUT2D eigenvalue weighted by atomic mass is 10.2. The van der Waals surface area contributed by atoms with Gasteiger partial charge in [-0.25, -0.2) is 0 Å². The number of unbranched alkanes of at least 4 members (excludes halogenated alkanes) is 2. The molecule has 0 saturated heterocycles. The van der Waals surface area contributed by atoms with E-state index in [1.807, 2.05) is 6.07 Å². The number of nitrogens with two attached hydrogens (primary N) is 1. The third kappa shape index (κ3) is 8.94. The average Bonchev–Trinajstić information content (AvgIpc) is 2.63. The summed E-state index contributed by atoms with van der Waals surface area (Å²) in [6, 6.07) is 11.3. The molecule has 0 bridgehead atoms. The van der Waals surface area contributed by atoms with Crippen molar-refractivity contribution in [1.29, 1.82) is 0 Å². The van der Waals surface area contributed by atoms with Crippen LogP contribution in [-0.4, -0.2) is 35.2 Å². The monoisotopic (exact) mass is 353 g/mol. The summed E-state index contributed by atoms with van der Waals surface area (Å²) in [5.41, 5.74) is 6.87. The van der Waals surface area contributed by atoms with Gasteiger partial charge in [-0.15, -0.1) is 0 Å². The Balaban J connectivity index is 2.64. The minimum atomic E-state index is -2.61. The molecule has 0 spiro atoms. The fraction of sp³-hybridized carbons (Fsp3) is 0.684. The van der Waals surface area contributed by atoms with Crippen molar-refractivity contribution in [2.45, 2.75) is 58.4 Å². The molecule has 24 heavy (non-hydrogen) atoms. The first-order valence-electron chi connectivity index (χ1n) is 9.42. The van der Waals surface area contributed by atoms with E-state index < -0.39 is 8.80 Å². The van der Waals surface area contributed by atoms with Gasteiger partial charge in [0, 0.05) is 25.9 Å². The van der Waals surface area contributed by atoms with Crippen LogP contribution >= 0.6 is 0 Å². The van der Waals surface area contributed by atoms with E-state index in [9.17, 15) is 0 Å². The first-order valence-corrected chi connectivity index (χ1v) is 11.4. The van der Waals surface area contributed by atoms with Gasteiger partial charge in [0.15, 0.2) is 0 Å². The highest BCUT2D eigenvalue weighted by molar-refractivity contribution is 6.60. The van der Waals surface area contributed by atoms with Gasteiger partial charge in [-0.05, 0) is 50.6 Å². The summed E-state index contributed by atoms with van der Waals surface area (Å²) in [4.78, 5) is 0. The molecule has 0 saturated carbocycles. The maximum atomic E-state index is 6.26. The van der Waals surface area contributed by atoms with Gasteiger partial charge in [-0.1, -0.05) is 44.2 Å². The molecular weight excluding hydrogens is 318 g/mol. The maximum Gasteiger partial charge on any atom is 0.501 e. The molecule has 4 nitrogen and oxygen atoms in total. The summed E-state index contributed by atoms with van der Waals surface area (Å²) in [5, 5.41) is 0. The molecule has 0 atom stereocenters. The fourth-order valence-electron chi connectivity index (χ4n) is 2.45. The quantitative estimate of drug-likeness (QED) is 0.380. The van der Waals surface area contributed by atoms with Gasteiger partial charge in [0.25, 0.3) is 0 Å². The second-order valence-corrected chi connectivity index (χ2v) is 8.80. The van der Waals surface area contributed by atoms with Crippen LogP contribution in [0.5, 0.6) is 0 Å². The van der Waals surface area contributed by atoms with Crippen molar-refractivity contribution in [3.63, 3.8) is 0 Å². The largest absolute Gasteiger partial charge is 0.501 e. The molecule has 0 fully saturated rings. The molecule has 2 N–H and O–H groups in total. The lowest BCUT2D eigenvalue weighted by Gasteiger charge is -2.30. The van der Waals surface area contributed by atoms with Crippen LogP contribution < -0.4 is 5.73 Å². The fourth-order valence-corrected chi connectivity index (χ4v) is 5.21. The zero-order chi connectivity index (χ0) is 17.5. The van der Waals surface area contributed by atoms with Crippen LogP contribution in [0.4, 0.5) is 0 Å². The average molecular weight is 354 g/mol. The molecule has 1 rings (SSSR count). The normalized spacial score (nSPS) is 11.8. The Kier molecular flexibility index (Phi) is 12.0. The SMILES string of the molecule is CCCO[Si](CCc1ccccc1)(OCCC)OCCCCCN. The molecular formula is C19H35NO3Si. The maximum absolute atomic E-state index is 6.26. The Bertz CT molecular complexity index is 395. The van der Waals surface area contributed by atoms with Crippen molar-refractivity contribution < 1.29 is 13.3 Å². The van der Waals surface area contributed by atoms with E-state index in [2.05, 4.69) is 38.1 Å². The Morgan fingerprint density at radius 2 is 1.46 bits per heavy atom. The standard InChI is InChI=1S/C19H35NO3Si/c1-3-15-21-24(22-16-4-2,23-17-10-6-9-14-20)18-13-19-11-7-5-8-12-19/h5,7-8,11-12H,3-4,6,9-10,13-18,20H2,1-2H3. The highest BCUT2D eigenvalue weighted by Gasteiger charge is 2.40. The number of benzene rings is 1. The molecule has 0 radical (unpaired) electrons. The lowest BCUT2D eigenvalue weighted by molar-refractivity contribution is 0.0580. The molecule has 0 aliphatic carbocycles.